The first-order valence-electron chi connectivity index (χ1n) is 25.2. The molecule has 70 heavy (non-hydrogen) atoms. The summed E-state index contributed by atoms with van der Waals surface area (Å²) in [7, 11) is 1.72. The van der Waals surface area contributed by atoms with Crippen LogP contribution in [0, 0.1) is 47.3 Å². The van der Waals surface area contributed by atoms with E-state index in [1.807, 2.05) is 25.1 Å². The molecule has 7 aliphatic rings. The van der Waals surface area contributed by atoms with Crippen LogP contribution in [0.4, 0.5) is 5.69 Å². The molecule has 2 heterocycles. The number of carboxylic acids is 1. The minimum Gasteiger partial charge on any atom is -0.478 e. The van der Waals surface area contributed by atoms with Gasteiger partial charge in [-0.1, -0.05) is 51.0 Å². The van der Waals surface area contributed by atoms with E-state index < -0.39 is 41.5 Å². The second-order valence-electron chi connectivity index (χ2n) is 21.1. The van der Waals surface area contributed by atoms with Crippen LogP contribution in [0.25, 0.3) is 0 Å². The molecule has 15 nitrogen and oxygen atoms in total. The van der Waals surface area contributed by atoms with Crippen molar-refractivity contribution in [2.24, 2.45) is 40.4 Å². The summed E-state index contributed by atoms with van der Waals surface area (Å²) in [6.07, 6.45) is 16.9. The van der Waals surface area contributed by atoms with Crippen LogP contribution < -0.4 is 15.4 Å². The molecule has 11 atom stereocenters. The van der Waals surface area contributed by atoms with Crippen LogP contribution in [-0.2, 0) is 33.4 Å². The van der Waals surface area contributed by atoms with Gasteiger partial charge in [-0.05, 0) is 141 Å². The number of nitrogens with one attached hydrogen (secondary N) is 2. The Morgan fingerprint density at radius 2 is 1.69 bits per heavy atom. The van der Waals surface area contributed by atoms with Gasteiger partial charge in [0.25, 0.3) is 0 Å². The fourth-order valence-electron chi connectivity index (χ4n) is 13.6. The molecule has 5 aliphatic carbocycles. The molecule has 2 aliphatic heterocycles. The standard InChI is InChI=1S/C32H51NO7.C23H19NO6/c1-30-12-10-23(39-20-28(35)33-14-6-4-5-7-15-38-3)17-22(30)8-9-25-26(30)18-27(34)31(2)24(11-13-32(25,31)37)21-16-29(36)40-19-21;1-12-2-5-16-19(8-12)30-20-10-14(26)4-7-17(20)22(16)15-6-3-13(24-21(27)11-25)9-18(15)23(28)29/h16,22-27,34,37H,4-15,17-20H2,1-3H3,(H,33,35);2-10,17,22,25H,11H2,1H3,(H,24,27)(H,28,29). The van der Waals surface area contributed by atoms with E-state index in [-0.39, 0.29) is 77.3 Å². The van der Waals surface area contributed by atoms with Gasteiger partial charge >= 0.3 is 11.9 Å². The average Bonchev–Trinajstić information content (AvgIpc) is 3.89. The van der Waals surface area contributed by atoms with Crippen LogP contribution in [0.15, 0.2) is 72.0 Å². The molecule has 2 amide bonds. The monoisotopic (exact) mass is 966 g/mol. The highest BCUT2D eigenvalue weighted by atomic mass is 16.5. The Balaban J connectivity index is 0.000000196. The summed E-state index contributed by atoms with van der Waals surface area (Å²) in [5.74, 6) is -1.16. The topological polar surface area (TPSA) is 227 Å². The molecule has 0 saturated heterocycles. The zero-order chi connectivity index (χ0) is 50.0. The number of ketones is 1. The van der Waals surface area contributed by atoms with Gasteiger partial charge in [0.15, 0.2) is 5.78 Å². The number of amides is 2. The van der Waals surface area contributed by atoms with Gasteiger partial charge in [0.05, 0.1) is 23.4 Å². The van der Waals surface area contributed by atoms with Crippen molar-refractivity contribution in [3.05, 3.63) is 94.3 Å². The number of carboxylic acid groups (broad SMARTS) is 1. The molecule has 378 valence electrons. The zero-order valence-corrected chi connectivity index (χ0v) is 40.9. The van der Waals surface area contributed by atoms with Crippen LogP contribution in [-0.4, -0.2) is 108 Å². The van der Waals surface area contributed by atoms with Gasteiger partial charge in [-0.3, -0.25) is 14.4 Å². The smallest absolute Gasteiger partial charge is 0.336 e. The lowest BCUT2D eigenvalue weighted by molar-refractivity contribution is -0.245. The highest BCUT2D eigenvalue weighted by Gasteiger charge is 2.70. The molecule has 15 heteroatoms. The number of rotatable bonds is 15. The van der Waals surface area contributed by atoms with E-state index in [1.54, 1.807) is 31.4 Å². The maximum atomic E-state index is 12.4. The van der Waals surface area contributed by atoms with Crippen molar-refractivity contribution < 1.29 is 63.3 Å². The first-order valence-corrected chi connectivity index (χ1v) is 25.2. The van der Waals surface area contributed by atoms with Gasteiger partial charge in [-0.2, -0.15) is 0 Å². The van der Waals surface area contributed by atoms with E-state index in [0.717, 1.165) is 87.5 Å². The van der Waals surface area contributed by atoms with E-state index in [2.05, 4.69) is 24.5 Å². The third-order valence-corrected chi connectivity index (χ3v) is 17.3. The minimum atomic E-state index is -1.15. The first-order chi connectivity index (χ1) is 33.5. The van der Waals surface area contributed by atoms with Crippen molar-refractivity contribution in [2.45, 2.75) is 122 Å². The largest absolute Gasteiger partial charge is 0.478 e. The summed E-state index contributed by atoms with van der Waals surface area (Å²) in [5, 5.41) is 48.3. The van der Waals surface area contributed by atoms with Gasteiger partial charge in [-0.15, -0.1) is 0 Å². The number of unbranched alkanes of at least 4 members (excludes halogenated alkanes) is 3. The predicted octanol–water partition coefficient (Wildman–Crippen LogP) is 6.71. The molecule has 9 rings (SSSR count). The summed E-state index contributed by atoms with van der Waals surface area (Å²) < 4.78 is 22.4. The van der Waals surface area contributed by atoms with Gasteiger partial charge in [-0.25, -0.2) is 9.59 Å². The maximum absolute atomic E-state index is 12.4. The van der Waals surface area contributed by atoms with E-state index in [1.165, 1.54) is 18.2 Å². The molecule has 2 aromatic rings. The molecule has 2 aromatic carbocycles. The number of carbonyl (C=O) groups is 5. The summed E-state index contributed by atoms with van der Waals surface area (Å²) in [4.78, 5) is 59.6. The number of esters is 1. The fourth-order valence-corrected chi connectivity index (χ4v) is 13.6. The van der Waals surface area contributed by atoms with Crippen molar-refractivity contribution in [1.82, 2.24) is 5.32 Å². The highest BCUT2D eigenvalue weighted by Crippen LogP contribution is 2.70. The number of aliphatic hydroxyl groups excluding tert-OH is 2. The van der Waals surface area contributed by atoms with Crippen LogP contribution in [0.3, 0.4) is 0 Å². The van der Waals surface area contributed by atoms with E-state index in [9.17, 15) is 39.3 Å². The molecular formula is C55H70N2O13. The number of carbonyl (C=O) groups excluding carboxylic acids is 4. The minimum absolute atomic E-state index is 0.0221. The third kappa shape index (κ3) is 10.0. The number of methoxy groups -OCH3 is 1. The van der Waals surface area contributed by atoms with Gasteiger partial charge in [0.1, 0.15) is 31.3 Å². The first kappa shape index (κ1) is 51.2. The lowest BCUT2D eigenvalue weighted by Crippen LogP contribution is -2.67. The normalized spacial score (nSPS) is 32.5. The van der Waals surface area contributed by atoms with Crippen LogP contribution >= 0.6 is 0 Å². The van der Waals surface area contributed by atoms with Crippen molar-refractivity contribution >= 4 is 35.2 Å². The van der Waals surface area contributed by atoms with Gasteiger partial charge in [0.2, 0.25) is 11.8 Å². The van der Waals surface area contributed by atoms with E-state index >= 15 is 0 Å². The zero-order valence-electron chi connectivity index (χ0n) is 40.9. The second kappa shape index (κ2) is 21.3. The predicted molar refractivity (Wildman–Crippen MR) is 259 cm³/mol. The summed E-state index contributed by atoms with van der Waals surface area (Å²) in [6.45, 7) is 7.53. The molecular weight excluding hydrogens is 897 g/mol. The van der Waals surface area contributed by atoms with Crippen molar-refractivity contribution in [2.75, 3.05) is 45.4 Å². The Hall–Kier alpha value is -5.19. The number of aromatic carboxylic acids is 1. The molecule has 0 radical (unpaired) electrons. The number of fused-ring (bicyclic) bond motifs is 7. The third-order valence-electron chi connectivity index (χ3n) is 17.3. The number of hydrogen-bond donors (Lipinski definition) is 6. The second-order valence-corrected chi connectivity index (χ2v) is 21.1. The quantitative estimate of drug-likeness (QED) is 0.0807. The number of cyclic esters (lactones) is 1. The number of anilines is 1. The number of benzene rings is 2. The maximum Gasteiger partial charge on any atom is 0.336 e. The lowest BCUT2D eigenvalue weighted by Gasteiger charge is -2.65. The van der Waals surface area contributed by atoms with E-state index in [4.69, 9.17) is 24.1 Å². The lowest BCUT2D eigenvalue weighted by atomic mass is 9.42. The van der Waals surface area contributed by atoms with Gasteiger partial charge in [0, 0.05) is 60.9 Å². The number of ether oxygens (including phenoxy) is 4. The molecule has 0 spiro atoms. The molecule has 0 aromatic heterocycles. The summed E-state index contributed by atoms with van der Waals surface area (Å²) >= 11 is 0. The summed E-state index contributed by atoms with van der Waals surface area (Å²) in [5.41, 5.74) is 1.98. The Bertz CT molecular complexity index is 2430. The van der Waals surface area contributed by atoms with Crippen LogP contribution in [0.1, 0.15) is 124 Å². The fraction of sp³-hybridized carbons (Fsp3) is 0.582. The van der Waals surface area contributed by atoms with Gasteiger partial charge < -0.3 is 50.0 Å². The molecule has 11 unspecified atom stereocenters. The molecule has 6 N–H and O–H groups in total. The van der Waals surface area contributed by atoms with Crippen molar-refractivity contribution in [3.8, 4) is 5.75 Å². The number of hydrogen-bond acceptors (Lipinski definition) is 12. The Morgan fingerprint density at radius 3 is 2.43 bits per heavy atom. The highest BCUT2D eigenvalue weighted by molar-refractivity contribution is 6.01. The number of allylic oxidation sites excluding steroid dienone is 3. The summed E-state index contributed by atoms with van der Waals surface area (Å²) in [6, 6.07) is 10.3. The average molecular weight is 967 g/mol. The Morgan fingerprint density at radius 1 is 0.900 bits per heavy atom. The Kier molecular flexibility index (Phi) is 15.5. The Labute approximate surface area is 410 Å². The van der Waals surface area contributed by atoms with Crippen LogP contribution in [0.2, 0.25) is 0 Å². The van der Waals surface area contributed by atoms with Crippen molar-refractivity contribution in [3.63, 3.8) is 0 Å². The van der Waals surface area contributed by atoms with Crippen molar-refractivity contribution in [1.29, 1.82) is 0 Å². The SMILES string of the molecule is COCCCCCCNC(=O)COC1CCC2(C)C(CCC3C2CC(O)C2(C)C(C4=CC(=O)OC4)CCC32O)C1.Cc1ccc2c(c1)OC1=CC(=O)C=CC1C2c1ccc(NC(=O)CO)cc1C(=O)O. The number of aryl methyl sites for hydroxylation is 1. The van der Waals surface area contributed by atoms with Crippen LogP contribution in [0.5, 0.6) is 5.75 Å². The molecule has 0 bridgehead atoms. The molecule has 4 fully saturated rings. The molecule has 4 saturated carbocycles. The number of aliphatic hydroxyl groups is 3. The van der Waals surface area contributed by atoms with E-state index in [0.29, 0.717) is 42.4 Å².